The van der Waals surface area contributed by atoms with E-state index in [2.05, 4.69) is 38.1 Å². The molecule has 1 aliphatic rings. The Morgan fingerprint density at radius 3 is 2.35 bits per heavy atom. The van der Waals surface area contributed by atoms with Gasteiger partial charge in [0.05, 0.1) is 11.6 Å². The molecule has 1 aromatic carbocycles. The number of nitrogens with two attached hydrogens (primary N) is 1. The van der Waals surface area contributed by atoms with Crippen molar-refractivity contribution in [2.45, 2.75) is 51.2 Å². The molecule has 0 saturated heterocycles. The minimum Gasteiger partial charge on any atom is -0.373 e. The molecule has 0 amide bonds. The minimum absolute atomic E-state index is 0.00514. The first-order chi connectivity index (χ1) is 8.18. The average Bonchev–Trinajstić information content (AvgIpc) is 2.79. The number of ether oxygens (including phenoxy) is 1. The van der Waals surface area contributed by atoms with E-state index < -0.39 is 0 Å². The molecule has 1 atom stereocenters. The maximum absolute atomic E-state index is 6.45. The van der Waals surface area contributed by atoms with Gasteiger partial charge in [-0.05, 0) is 32.3 Å². The molecular formula is C15H23NO. The van der Waals surface area contributed by atoms with E-state index in [4.69, 9.17) is 10.5 Å². The zero-order valence-electron chi connectivity index (χ0n) is 10.9. The summed E-state index contributed by atoms with van der Waals surface area (Å²) in [4.78, 5) is 0. The van der Waals surface area contributed by atoms with Gasteiger partial charge in [-0.2, -0.15) is 0 Å². The molecule has 0 spiro atoms. The highest BCUT2D eigenvalue weighted by Gasteiger charge is 2.40. The molecule has 1 fully saturated rings. The third-order valence-corrected chi connectivity index (χ3v) is 3.88. The Kier molecular flexibility index (Phi) is 3.85. The van der Waals surface area contributed by atoms with Gasteiger partial charge in [0.2, 0.25) is 0 Å². The quantitative estimate of drug-likeness (QED) is 0.865. The molecule has 1 aromatic rings. The summed E-state index contributed by atoms with van der Waals surface area (Å²) in [6, 6.07) is 8.54. The van der Waals surface area contributed by atoms with Crippen LogP contribution in [0.1, 0.15) is 49.8 Å². The van der Waals surface area contributed by atoms with Crippen LogP contribution in [0.4, 0.5) is 0 Å². The van der Waals surface area contributed by atoms with Crippen molar-refractivity contribution >= 4 is 0 Å². The number of benzene rings is 1. The Bertz CT molecular complexity index is 352. The van der Waals surface area contributed by atoms with E-state index in [9.17, 15) is 0 Å². The van der Waals surface area contributed by atoms with E-state index in [-0.39, 0.29) is 11.6 Å². The monoisotopic (exact) mass is 233 g/mol. The van der Waals surface area contributed by atoms with Gasteiger partial charge in [0.1, 0.15) is 0 Å². The van der Waals surface area contributed by atoms with Crippen molar-refractivity contribution in [1.29, 1.82) is 0 Å². The van der Waals surface area contributed by atoms with Crippen LogP contribution in [0.15, 0.2) is 24.3 Å². The second kappa shape index (κ2) is 5.19. The van der Waals surface area contributed by atoms with E-state index in [1.807, 2.05) is 0 Å². The van der Waals surface area contributed by atoms with Crippen molar-refractivity contribution in [2.24, 2.45) is 5.73 Å². The molecule has 1 saturated carbocycles. The van der Waals surface area contributed by atoms with Crippen molar-refractivity contribution < 1.29 is 4.74 Å². The van der Waals surface area contributed by atoms with Crippen LogP contribution in [0.25, 0.3) is 0 Å². The zero-order valence-corrected chi connectivity index (χ0v) is 10.9. The van der Waals surface area contributed by atoms with Crippen molar-refractivity contribution in [3.8, 4) is 0 Å². The molecule has 17 heavy (non-hydrogen) atoms. The average molecular weight is 233 g/mol. The predicted molar refractivity (Wildman–Crippen MR) is 70.9 cm³/mol. The molecule has 0 radical (unpaired) electrons. The molecule has 2 N–H and O–H groups in total. The molecule has 1 aliphatic carbocycles. The van der Waals surface area contributed by atoms with Crippen molar-refractivity contribution in [3.63, 3.8) is 0 Å². The van der Waals surface area contributed by atoms with Gasteiger partial charge in [0, 0.05) is 6.61 Å². The minimum atomic E-state index is -0.121. The Labute approximate surface area is 104 Å². The fraction of sp³-hybridized carbons (Fsp3) is 0.600. The molecule has 0 heterocycles. The summed E-state index contributed by atoms with van der Waals surface area (Å²) in [7, 11) is 0. The van der Waals surface area contributed by atoms with Crippen LogP contribution >= 0.6 is 0 Å². The highest BCUT2D eigenvalue weighted by atomic mass is 16.5. The number of aryl methyl sites for hydroxylation is 1. The van der Waals surface area contributed by atoms with Crippen LogP contribution in [0.5, 0.6) is 0 Å². The Morgan fingerprint density at radius 1 is 1.24 bits per heavy atom. The van der Waals surface area contributed by atoms with Crippen LogP contribution in [0, 0.1) is 6.92 Å². The third-order valence-electron chi connectivity index (χ3n) is 3.88. The summed E-state index contributed by atoms with van der Waals surface area (Å²) in [5.41, 5.74) is 8.80. The van der Waals surface area contributed by atoms with Crippen molar-refractivity contribution in [2.75, 3.05) is 6.61 Å². The largest absolute Gasteiger partial charge is 0.373 e. The summed E-state index contributed by atoms with van der Waals surface area (Å²) in [5.74, 6) is 0. The second-order valence-electron chi connectivity index (χ2n) is 5.09. The van der Waals surface area contributed by atoms with Crippen molar-refractivity contribution in [1.82, 2.24) is 0 Å². The molecule has 0 aromatic heterocycles. The number of hydrogen-bond donors (Lipinski definition) is 1. The first-order valence-corrected chi connectivity index (χ1v) is 6.64. The SMILES string of the molecule is CCOC1(C(N)c2ccc(C)cc2)CCCC1. The maximum atomic E-state index is 6.45. The van der Waals surface area contributed by atoms with Crippen molar-refractivity contribution in [3.05, 3.63) is 35.4 Å². The smallest absolute Gasteiger partial charge is 0.0874 e. The fourth-order valence-electron chi connectivity index (χ4n) is 2.88. The van der Waals surface area contributed by atoms with Gasteiger partial charge >= 0.3 is 0 Å². The van der Waals surface area contributed by atoms with Gasteiger partial charge in [0.25, 0.3) is 0 Å². The summed E-state index contributed by atoms with van der Waals surface area (Å²) in [5, 5.41) is 0. The van der Waals surface area contributed by atoms with Gasteiger partial charge in [-0.15, -0.1) is 0 Å². The second-order valence-corrected chi connectivity index (χ2v) is 5.09. The van der Waals surface area contributed by atoms with Crippen LogP contribution < -0.4 is 5.73 Å². The predicted octanol–water partition coefficient (Wildman–Crippen LogP) is 3.34. The lowest BCUT2D eigenvalue weighted by Crippen LogP contribution is -2.41. The molecule has 2 heteroatoms. The van der Waals surface area contributed by atoms with Crippen LogP contribution in [0.2, 0.25) is 0 Å². The van der Waals surface area contributed by atoms with Gasteiger partial charge in [-0.3, -0.25) is 0 Å². The first-order valence-electron chi connectivity index (χ1n) is 6.64. The Morgan fingerprint density at radius 2 is 1.82 bits per heavy atom. The molecule has 0 aliphatic heterocycles. The van der Waals surface area contributed by atoms with Crippen LogP contribution in [-0.4, -0.2) is 12.2 Å². The fourth-order valence-corrected chi connectivity index (χ4v) is 2.88. The third kappa shape index (κ3) is 2.53. The van der Waals surface area contributed by atoms with E-state index in [0.717, 1.165) is 19.4 Å². The molecule has 2 nitrogen and oxygen atoms in total. The molecular weight excluding hydrogens is 210 g/mol. The number of rotatable bonds is 4. The van der Waals surface area contributed by atoms with E-state index >= 15 is 0 Å². The van der Waals surface area contributed by atoms with Crippen LogP contribution in [0.3, 0.4) is 0 Å². The van der Waals surface area contributed by atoms with E-state index in [1.54, 1.807) is 0 Å². The summed E-state index contributed by atoms with van der Waals surface area (Å²) < 4.78 is 6.01. The highest BCUT2D eigenvalue weighted by molar-refractivity contribution is 5.26. The maximum Gasteiger partial charge on any atom is 0.0874 e. The highest BCUT2D eigenvalue weighted by Crippen LogP contribution is 2.41. The van der Waals surface area contributed by atoms with Crippen LogP contribution in [-0.2, 0) is 4.74 Å². The summed E-state index contributed by atoms with van der Waals surface area (Å²) in [6.45, 7) is 4.91. The molecule has 1 unspecified atom stereocenters. The van der Waals surface area contributed by atoms with Gasteiger partial charge in [0.15, 0.2) is 0 Å². The van der Waals surface area contributed by atoms with Gasteiger partial charge < -0.3 is 10.5 Å². The lowest BCUT2D eigenvalue weighted by atomic mass is 9.87. The standard InChI is InChI=1S/C15H23NO/c1-3-17-15(10-4-5-11-15)14(16)13-8-6-12(2)7-9-13/h6-9,14H,3-5,10-11,16H2,1-2H3. The topological polar surface area (TPSA) is 35.2 Å². The van der Waals surface area contributed by atoms with Gasteiger partial charge in [-0.1, -0.05) is 42.7 Å². The zero-order chi connectivity index (χ0) is 12.3. The Hall–Kier alpha value is -0.860. The number of hydrogen-bond acceptors (Lipinski definition) is 2. The van der Waals surface area contributed by atoms with E-state index in [0.29, 0.717) is 0 Å². The van der Waals surface area contributed by atoms with Gasteiger partial charge in [-0.25, -0.2) is 0 Å². The lowest BCUT2D eigenvalue weighted by molar-refractivity contribution is -0.0536. The Balaban J connectivity index is 2.21. The normalized spacial score (nSPS) is 20.4. The summed E-state index contributed by atoms with van der Waals surface area (Å²) >= 11 is 0. The summed E-state index contributed by atoms with van der Waals surface area (Å²) in [6.07, 6.45) is 4.66. The first kappa shape index (κ1) is 12.6. The van der Waals surface area contributed by atoms with E-state index in [1.165, 1.54) is 24.0 Å². The molecule has 2 rings (SSSR count). The molecule has 0 bridgehead atoms. The lowest BCUT2D eigenvalue weighted by Gasteiger charge is -2.35. The molecule has 94 valence electrons.